The Hall–Kier alpha value is -2.63. The van der Waals surface area contributed by atoms with Crippen molar-refractivity contribution in [3.8, 4) is 0 Å². The van der Waals surface area contributed by atoms with Crippen molar-refractivity contribution in [2.24, 2.45) is 0 Å². The molecule has 1 aromatic carbocycles. The summed E-state index contributed by atoms with van der Waals surface area (Å²) < 4.78 is 4.66. The Kier molecular flexibility index (Phi) is 6.67. The van der Waals surface area contributed by atoms with Crippen molar-refractivity contribution in [1.82, 2.24) is 5.32 Å². The zero-order valence-electron chi connectivity index (χ0n) is 11.6. The number of rotatable bonds is 7. The molecule has 0 aliphatic rings. The highest BCUT2D eigenvalue weighted by Gasteiger charge is 2.23. The first-order valence-corrected chi connectivity index (χ1v) is 6.45. The third-order valence-electron chi connectivity index (χ3n) is 2.52. The number of carboxylic acids is 1. The lowest BCUT2D eigenvalue weighted by Gasteiger charge is -2.12. The van der Waals surface area contributed by atoms with Crippen molar-refractivity contribution in [2.45, 2.75) is 19.4 Å². The molecule has 21 heavy (non-hydrogen) atoms. The first kappa shape index (κ1) is 16.4. The molecule has 0 spiro atoms. The van der Waals surface area contributed by atoms with Crippen LogP contribution in [0.25, 0.3) is 6.08 Å². The van der Waals surface area contributed by atoms with E-state index in [-0.39, 0.29) is 6.61 Å². The van der Waals surface area contributed by atoms with Crippen LogP contribution in [0.3, 0.4) is 0 Å². The Morgan fingerprint density at radius 3 is 2.52 bits per heavy atom. The Morgan fingerprint density at radius 2 is 1.95 bits per heavy atom. The summed E-state index contributed by atoms with van der Waals surface area (Å²) in [7, 11) is 0. The standard InChI is InChI=1S/C15H17NO5/c1-2-21-14(18)10-12(15(19)20)16-13(17)9-8-11-6-4-3-5-7-11/h3-9,12H,2,10H2,1H3,(H,16,17)(H,19,20)/b9-8+/t12-/m0/s1. The van der Waals surface area contributed by atoms with Gasteiger partial charge in [-0.05, 0) is 18.6 Å². The zero-order valence-corrected chi connectivity index (χ0v) is 11.6. The van der Waals surface area contributed by atoms with Crippen LogP contribution in [-0.2, 0) is 19.1 Å². The van der Waals surface area contributed by atoms with Gasteiger partial charge in [-0.25, -0.2) is 4.79 Å². The van der Waals surface area contributed by atoms with E-state index in [4.69, 9.17) is 5.11 Å². The first-order chi connectivity index (χ1) is 10.0. The topological polar surface area (TPSA) is 92.7 Å². The van der Waals surface area contributed by atoms with Gasteiger partial charge < -0.3 is 15.2 Å². The van der Waals surface area contributed by atoms with Crippen molar-refractivity contribution < 1.29 is 24.2 Å². The summed E-state index contributed by atoms with van der Waals surface area (Å²) >= 11 is 0. The number of esters is 1. The van der Waals surface area contributed by atoms with Gasteiger partial charge in [-0.15, -0.1) is 0 Å². The maximum atomic E-state index is 11.7. The van der Waals surface area contributed by atoms with E-state index in [1.807, 2.05) is 18.2 Å². The molecule has 0 aliphatic heterocycles. The summed E-state index contributed by atoms with van der Waals surface area (Å²) in [5.41, 5.74) is 0.810. The van der Waals surface area contributed by atoms with Crippen molar-refractivity contribution in [3.63, 3.8) is 0 Å². The van der Waals surface area contributed by atoms with Crippen LogP contribution in [-0.4, -0.2) is 35.6 Å². The molecule has 0 radical (unpaired) electrons. The fourth-order valence-corrected chi connectivity index (χ4v) is 1.54. The summed E-state index contributed by atoms with van der Waals surface area (Å²) in [4.78, 5) is 33.9. The summed E-state index contributed by atoms with van der Waals surface area (Å²) in [5, 5.41) is 11.2. The number of carboxylic acid groups (broad SMARTS) is 1. The van der Waals surface area contributed by atoms with Gasteiger partial charge >= 0.3 is 11.9 Å². The molecule has 0 aromatic heterocycles. The quantitative estimate of drug-likeness (QED) is 0.582. The van der Waals surface area contributed by atoms with E-state index >= 15 is 0 Å². The highest BCUT2D eigenvalue weighted by atomic mass is 16.5. The lowest BCUT2D eigenvalue weighted by Crippen LogP contribution is -2.41. The summed E-state index contributed by atoms with van der Waals surface area (Å²) in [5.74, 6) is -2.54. The molecule has 1 atom stereocenters. The van der Waals surface area contributed by atoms with Crippen molar-refractivity contribution >= 4 is 23.9 Å². The summed E-state index contributed by atoms with van der Waals surface area (Å²) in [6.45, 7) is 1.78. The molecule has 0 aliphatic carbocycles. The van der Waals surface area contributed by atoms with Gasteiger partial charge in [0.25, 0.3) is 0 Å². The van der Waals surface area contributed by atoms with Gasteiger partial charge in [0.2, 0.25) is 5.91 Å². The molecular weight excluding hydrogens is 274 g/mol. The predicted octanol–water partition coefficient (Wildman–Crippen LogP) is 1.22. The lowest BCUT2D eigenvalue weighted by molar-refractivity contribution is -0.149. The van der Waals surface area contributed by atoms with Crippen molar-refractivity contribution in [2.75, 3.05) is 6.61 Å². The number of hydrogen-bond donors (Lipinski definition) is 2. The normalized spacial score (nSPS) is 11.9. The largest absolute Gasteiger partial charge is 0.480 e. The van der Waals surface area contributed by atoms with Crippen LogP contribution in [0.4, 0.5) is 0 Å². The van der Waals surface area contributed by atoms with E-state index in [9.17, 15) is 14.4 Å². The number of amides is 1. The number of carbonyl (C=O) groups is 3. The molecule has 0 unspecified atom stereocenters. The van der Waals surface area contributed by atoms with Crippen LogP contribution in [0, 0.1) is 0 Å². The molecular formula is C15H17NO5. The predicted molar refractivity (Wildman–Crippen MR) is 76.3 cm³/mol. The van der Waals surface area contributed by atoms with E-state index in [1.54, 1.807) is 25.1 Å². The molecule has 2 N–H and O–H groups in total. The Balaban J connectivity index is 2.58. The van der Waals surface area contributed by atoms with Crippen LogP contribution in [0.1, 0.15) is 18.9 Å². The van der Waals surface area contributed by atoms with Gasteiger partial charge in [-0.3, -0.25) is 9.59 Å². The Labute approximate surface area is 122 Å². The fourth-order valence-electron chi connectivity index (χ4n) is 1.54. The van der Waals surface area contributed by atoms with Crippen LogP contribution >= 0.6 is 0 Å². The van der Waals surface area contributed by atoms with Crippen molar-refractivity contribution in [1.29, 1.82) is 0 Å². The lowest BCUT2D eigenvalue weighted by atomic mass is 10.2. The maximum absolute atomic E-state index is 11.7. The highest BCUT2D eigenvalue weighted by molar-refractivity contribution is 5.95. The third-order valence-corrected chi connectivity index (χ3v) is 2.52. The van der Waals surface area contributed by atoms with Gasteiger partial charge in [-0.1, -0.05) is 30.3 Å². The number of carbonyl (C=O) groups excluding carboxylic acids is 2. The second kappa shape index (κ2) is 8.52. The zero-order chi connectivity index (χ0) is 15.7. The molecule has 6 nitrogen and oxygen atoms in total. The molecule has 1 amide bonds. The number of aliphatic carboxylic acids is 1. The fraction of sp³-hybridized carbons (Fsp3) is 0.267. The SMILES string of the molecule is CCOC(=O)C[C@H](NC(=O)/C=C/c1ccccc1)C(=O)O. The van der Waals surface area contributed by atoms with Gasteiger partial charge in [0, 0.05) is 6.08 Å². The van der Waals surface area contributed by atoms with E-state index < -0.39 is 30.3 Å². The smallest absolute Gasteiger partial charge is 0.326 e. The van der Waals surface area contributed by atoms with E-state index in [0.29, 0.717) is 0 Å². The number of nitrogens with one attached hydrogen (secondary N) is 1. The van der Waals surface area contributed by atoms with Gasteiger partial charge in [-0.2, -0.15) is 0 Å². The minimum atomic E-state index is -1.31. The number of benzene rings is 1. The number of hydrogen-bond acceptors (Lipinski definition) is 4. The van der Waals surface area contributed by atoms with Crippen LogP contribution in [0.2, 0.25) is 0 Å². The van der Waals surface area contributed by atoms with Crippen LogP contribution in [0.15, 0.2) is 36.4 Å². The molecule has 1 aromatic rings. The van der Waals surface area contributed by atoms with Crippen LogP contribution < -0.4 is 5.32 Å². The van der Waals surface area contributed by atoms with Gasteiger partial charge in [0.05, 0.1) is 13.0 Å². The summed E-state index contributed by atoms with van der Waals surface area (Å²) in [6.07, 6.45) is 2.36. The monoisotopic (exact) mass is 291 g/mol. The molecule has 0 bridgehead atoms. The first-order valence-electron chi connectivity index (χ1n) is 6.45. The van der Waals surface area contributed by atoms with Gasteiger partial charge in [0.15, 0.2) is 0 Å². The molecule has 1 rings (SSSR count). The van der Waals surface area contributed by atoms with E-state index in [0.717, 1.165) is 5.56 Å². The Bertz CT molecular complexity index is 524. The second-order valence-corrected chi connectivity index (χ2v) is 4.15. The molecule has 112 valence electrons. The maximum Gasteiger partial charge on any atom is 0.326 e. The van der Waals surface area contributed by atoms with Crippen molar-refractivity contribution in [3.05, 3.63) is 42.0 Å². The molecule has 6 heteroatoms. The van der Waals surface area contributed by atoms with Crippen LogP contribution in [0.5, 0.6) is 0 Å². The van der Waals surface area contributed by atoms with E-state index in [2.05, 4.69) is 10.1 Å². The van der Waals surface area contributed by atoms with Gasteiger partial charge in [0.1, 0.15) is 6.04 Å². The molecule has 0 heterocycles. The minimum Gasteiger partial charge on any atom is -0.480 e. The number of ether oxygens (including phenoxy) is 1. The van der Waals surface area contributed by atoms with E-state index in [1.165, 1.54) is 6.08 Å². The molecule has 0 fully saturated rings. The second-order valence-electron chi connectivity index (χ2n) is 4.15. The minimum absolute atomic E-state index is 0.160. The molecule has 0 saturated carbocycles. The average Bonchev–Trinajstić information content (AvgIpc) is 2.45. The third kappa shape index (κ3) is 6.38. The average molecular weight is 291 g/mol. The molecule has 0 saturated heterocycles. The summed E-state index contributed by atoms with van der Waals surface area (Å²) in [6, 6.07) is 7.78. The highest BCUT2D eigenvalue weighted by Crippen LogP contribution is 2.01. The Morgan fingerprint density at radius 1 is 1.29 bits per heavy atom.